The van der Waals surface area contributed by atoms with Crippen LogP contribution in [0.1, 0.15) is 12.8 Å². The van der Waals surface area contributed by atoms with Crippen LogP contribution >= 0.6 is 11.6 Å². The first kappa shape index (κ1) is 14.6. The van der Waals surface area contributed by atoms with Gasteiger partial charge < -0.3 is 4.74 Å². The number of nitrogens with zero attached hydrogens (tertiary/aromatic N) is 1. The second-order valence-electron chi connectivity index (χ2n) is 5.11. The molecule has 114 valence electrons. The highest BCUT2D eigenvalue weighted by molar-refractivity contribution is 7.94. The van der Waals surface area contributed by atoms with Crippen LogP contribution in [-0.4, -0.2) is 37.1 Å². The molecule has 0 amide bonds. The van der Waals surface area contributed by atoms with Crippen LogP contribution in [0, 0.1) is 5.82 Å². The van der Waals surface area contributed by atoms with Crippen molar-refractivity contribution in [3.8, 4) is 0 Å². The molecule has 0 radical (unpaired) electrons. The molecule has 1 aromatic heterocycles. The third-order valence-electron chi connectivity index (χ3n) is 3.63. The van der Waals surface area contributed by atoms with E-state index in [0.29, 0.717) is 23.7 Å². The Kier molecular flexibility index (Phi) is 3.34. The summed E-state index contributed by atoms with van der Waals surface area (Å²) in [6, 6.07) is 2.46. The normalized spacial score (nSPS) is 17.1. The number of nitrogens with one attached hydrogen (secondary N) is 2. The molecule has 21 heavy (non-hydrogen) atoms. The average Bonchev–Trinajstić information content (AvgIpc) is 3.13. The van der Waals surface area contributed by atoms with Gasteiger partial charge >= 0.3 is 0 Å². The maximum atomic E-state index is 14.0. The van der Waals surface area contributed by atoms with Gasteiger partial charge in [0.05, 0.1) is 17.8 Å². The number of sulfonamides is 1. The third kappa shape index (κ3) is 2.37. The molecule has 0 atom stereocenters. The van der Waals surface area contributed by atoms with E-state index < -0.39 is 20.6 Å². The number of aromatic nitrogens is 2. The Morgan fingerprint density at radius 3 is 2.86 bits per heavy atom. The van der Waals surface area contributed by atoms with Gasteiger partial charge in [-0.3, -0.25) is 9.82 Å². The molecule has 1 aliphatic carbocycles. The number of H-pyrrole nitrogens is 1. The number of hydrogen-bond acceptors (Lipinski definition) is 4. The molecule has 0 bridgehead atoms. The lowest BCUT2D eigenvalue weighted by Crippen LogP contribution is -2.33. The monoisotopic (exact) mass is 333 g/mol. The van der Waals surface area contributed by atoms with Crippen LogP contribution in [0.4, 0.5) is 10.1 Å². The van der Waals surface area contributed by atoms with Crippen molar-refractivity contribution in [2.75, 3.05) is 18.4 Å². The number of methoxy groups -OCH3 is 1. The van der Waals surface area contributed by atoms with Gasteiger partial charge in [0, 0.05) is 18.6 Å². The van der Waals surface area contributed by atoms with Crippen LogP contribution < -0.4 is 4.72 Å². The topological polar surface area (TPSA) is 84.1 Å². The highest BCUT2D eigenvalue weighted by Gasteiger charge is 2.55. The summed E-state index contributed by atoms with van der Waals surface area (Å²) < 4.78 is 45.0. The van der Waals surface area contributed by atoms with E-state index in [-0.39, 0.29) is 17.4 Å². The van der Waals surface area contributed by atoms with Crippen LogP contribution in [0.25, 0.3) is 10.9 Å². The van der Waals surface area contributed by atoms with E-state index in [2.05, 4.69) is 14.9 Å². The first-order chi connectivity index (χ1) is 9.88. The summed E-state index contributed by atoms with van der Waals surface area (Å²) in [7, 11) is -2.30. The van der Waals surface area contributed by atoms with Gasteiger partial charge in [-0.1, -0.05) is 11.6 Å². The Hall–Kier alpha value is -1.38. The van der Waals surface area contributed by atoms with Crippen molar-refractivity contribution >= 4 is 38.2 Å². The van der Waals surface area contributed by atoms with Crippen molar-refractivity contribution < 1.29 is 17.5 Å². The SMILES string of the molecule is COCC1(S(=O)(=O)Nc2cc3c(Cl)[nH]nc3cc2F)CC1. The molecule has 2 N–H and O–H groups in total. The predicted octanol–water partition coefficient (Wildman–Crippen LogP) is 2.28. The molecule has 1 saturated carbocycles. The zero-order chi connectivity index (χ0) is 15.3. The molecular weight excluding hydrogens is 321 g/mol. The molecule has 1 fully saturated rings. The Morgan fingerprint density at radius 2 is 2.24 bits per heavy atom. The minimum atomic E-state index is -3.74. The minimum Gasteiger partial charge on any atom is -0.383 e. The van der Waals surface area contributed by atoms with Gasteiger partial charge in [-0.15, -0.1) is 0 Å². The number of fused-ring (bicyclic) bond motifs is 1. The lowest BCUT2D eigenvalue weighted by Gasteiger charge is -2.17. The van der Waals surface area contributed by atoms with Gasteiger partial charge in [-0.25, -0.2) is 12.8 Å². The molecular formula is C12H13ClFN3O3S. The number of hydrogen-bond donors (Lipinski definition) is 2. The standard InChI is InChI=1S/C12H13ClFN3O3S/c1-20-6-12(2-3-12)21(18,19)17-10-4-7-9(5-8(10)14)15-16-11(7)13/h4-5,17H,2-3,6H2,1H3,(H,15,16). The molecule has 9 heteroatoms. The fraction of sp³-hybridized carbons (Fsp3) is 0.417. The second-order valence-corrected chi connectivity index (χ2v) is 7.56. The highest BCUT2D eigenvalue weighted by atomic mass is 35.5. The Morgan fingerprint density at radius 1 is 1.52 bits per heavy atom. The van der Waals surface area contributed by atoms with Crippen LogP contribution in [0.2, 0.25) is 5.15 Å². The third-order valence-corrected chi connectivity index (χ3v) is 6.07. The second kappa shape index (κ2) is 4.82. The van der Waals surface area contributed by atoms with Gasteiger partial charge in [0.15, 0.2) is 0 Å². The number of aromatic amines is 1. The maximum Gasteiger partial charge on any atom is 0.240 e. The first-order valence-corrected chi connectivity index (χ1v) is 8.09. The average molecular weight is 334 g/mol. The summed E-state index contributed by atoms with van der Waals surface area (Å²) in [5.74, 6) is -0.706. The minimum absolute atomic E-state index is 0.0820. The van der Waals surface area contributed by atoms with E-state index >= 15 is 0 Å². The molecule has 1 aliphatic rings. The molecule has 1 aromatic carbocycles. The molecule has 0 aliphatic heterocycles. The zero-order valence-electron chi connectivity index (χ0n) is 11.1. The summed E-state index contributed by atoms with van der Waals surface area (Å²) in [4.78, 5) is 0. The quantitative estimate of drug-likeness (QED) is 0.879. The molecule has 2 aromatic rings. The van der Waals surface area contributed by atoms with E-state index in [1.54, 1.807) is 0 Å². The van der Waals surface area contributed by atoms with Crippen LogP contribution in [0.15, 0.2) is 12.1 Å². The van der Waals surface area contributed by atoms with Crippen LogP contribution in [0.5, 0.6) is 0 Å². The summed E-state index contributed by atoms with van der Waals surface area (Å²) in [5.41, 5.74) is 0.187. The maximum absolute atomic E-state index is 14.0. The number of benzene rings is 1. The van der Waals surface area contributed by atoms with Crippen molar-refractivity contribution in [1.82, 2.24) is 10.2 Å². The fourth-order valence-electron chi connectivity index (χ4n) is 2.22. The number of rotatable bonds is 5. The summed E-state index contributed by atoms with van der Waals surface area (Å²) in [6.07, 6.45) is 0.985. The van der Waals surface area contributed by atoms with Crippen molar-refractivity contribution in [2.45, 2.75) is 17.6 Å². The van der Waals surface area contributed by atoms with Crippen molar-refractivity contribution in [2.24, 2.45) is 0 Å². The lowest BCUT2D eigenvalue weighted by molar-refractivity contribution is 0.192. The number of ether oxygens (including phenoxy) is 1. The lowest BCUT2D eigenvalue weighted by atomic mass is 10.2. The summed E-state index contributed by atoms with van der Waals surface area (Å²) in [6.45, 7) is 0.0820. The van der Waals surface area contributed by atoms with Crippen molar-refractivity contribution in [1.29, 1.82) is 0 Å². The Bertz CT molecular complexity index is 801. The van der Waals surface area contributed by atoms with Crippen LogP contribution in [0.3, 0.4) is 0 Å². The van der Waals surface area contributed by atoms with Gasteiger partial charge in [-0.05, 0) is 18.9 Å². The van der Waals surface area contributed by atoms with Crippen molar-refractivity contribution in [3.63, 3.8) is 0 Å². The molecule has 0 unspecified atom stereocenters. The molecule has 1 heterocycles. The molecule has 3 rings (SSSR count). The summed E-state index contributed by atoms with van der Waals surface area (Å²) >= 11 is 5.88. The van der Waals surface area contributed by atoms with E-state index in [0.717, 1.165) is 6.07 Å². The fourth-order valence-corrected chi connectivity index (χ4v) is 3.99. The Labute approximate surface area is 125 Å². The van der Waals surface area contributed by atoms with Crippen LogP contribution in [-0.2, 0) is 14.8 Å². The van der Waals surface area contributed by atoms with Gasteiger partial charge in [0.2, 0.25) is 10.0 Å². The zero-order valence-corrected chi connectivity index (χ0v) is 12.7. The van der Waals surface area contributed by atoms with E-state index in [4.69, 9.17) is 16.3 Å². The molecule has 0 saturated heterocycles. The summed E-state index contributed by atoms with van der Waals surface area (Å²) in [5, 5.41) is 7.00. The highest BCUT2D eigenvalue weighted by Crippen LogP contribution is 2.44. The van der Waals surface area contributed by atoms with Gasteiger partial charge in [-0.2, -0.15) is 5.10 Å². The van der Waals surface area contributed by atoms with E-state index in [1.807, 2.05) is 0 Å². The van der Waals surface area contributed by atoms with E-state index in [1.165, 1.54) is 13.2 Å². The smallest absolute Gasteiger partial charge is 0.240 e. The van der Waals surface area contributed by atoms with Gasteiger partial charge in [0.1, 0.15) is 15.7 Å². The molecule has 0 spiro atoms. The number of halogens is 2. The largest absolute Gasteiger partial charge is 0.383 e. The van der Waals surface area contributed by atoms with Crippen molar-refractivity contribution in [3.05, 3.63) is 23.1 Å². The van der Waals surface area contributed by atoms with Gasteiger partial charge in [0.25, 0.3) is 0 Å². The molecule has 6 nitrogen and oxygen atoms in total. The number of anilines is 1. The predicted molar refractivity (Wildman–Crippen MR) is 77.4 cm³/mol. The van der Waals surface area contributed by atoms with E-state index in [9.17, 15) is 12.8 Å². The first-order valence-electron chi connectivity index (χ1n) is 6.23. The Balaban J connectivity index is 1.98.